The molecule has 0 saturated carbocycles. The van der Waals surface area contributed by atoms with Crippen LogP contribution in [0, 0.1) is 11.8 Å². The number of imide groups is 1. The molecule has 6 nitrogen and oxygen atoms in total. The summed E-state index contributed by atoms with van der Waals surface area (Å²) >= 11 is 0. The third-order valence-corrected chi connectivity index (χ3v) is 6.99. The Morgan fingerprint density at radius 1 is 1.00 bits per heavy atom. The first-order valence-electron chi connectivity index (χ1n) is 10.6. The number of benzene rings is 2. The maximum Gasteiger partial charge on any atom is 0.250 e. The number of nitrogens with one attached hydrogen (secondary N) is 2. The number of likely N-dealkylation sites (tertiary alicyclic amines) is 1. The molecule has 154 valence electrons. The van der Waals surface area contributed by atoms with Crippen molar-refractivity contribution >= 4 is 23.4 Å². The smallest absolute Gasteiger partial charge is 0.250 e. The molecular weight excluding hydrogens is 378 g/mol. The van der Waals surface area contributed by atoms with E-state index in [-0.39, 0.29) is 29.8 Å². The van der Waals surface area contributed by atoms with E-state index in [2.05, 4.69) is 10.6 Å². The lowest BCUT2D eigenvalue weighted by molar-refractivity contribution is -0.145. The number of hydrogen-bond acceptors (Lipinski definition) is 4. The molecule has 3 amide bonds. The number of amides is 3. The number of para-hydroxylation sites is 1. The van der Waals surface area contributed by atoms with Gasteiger partial charge in [-0.2, -0.15) is 0 Å². The first-order chi connectivity index (χ1) is 14.5. The molecule has 0 aliphatic carbocycles. The zero-order valence-corrected chi connectivity index (χ0v) is 17.1. The van der Waals surface area contributed by atoms with Gasteiger partial charge in [-0.25, -0.2) is 0 Å². The summed E-state index contributed by atoms with van der Waals surface area (Å²) in [6.07, 6.45) is 1.26. The van der Waals surface area contributed by atoms with Crippen molar-refractivity contribution in [3.05, 3.63) is 65.7 Å². The van der Waals surface area contributed by atoms with Gasteiger partial charge in [0, 0.05) is 23.3 Å². The van der Waals surface area contributed by atoms with Crippen molar-refractivity contribution in [1.29, 1.82) is 0 Å². The summed E-state index contributed by atoms with van der Waals surface area (Å²) in [6, 6.07) is 16.9. The molecule has 0 bridgehead atoms. The summed E-state index contributed by atoms with van der Waals surface area (Å²) < 4.78 is 0. The third kappa shape index (κ3) is 2.43. The zero-order chi connectivity index (χ0) is 21.0. The number of anilines is 1. The van der Waals surface area contributed by atoms with Gasteiger partial charge in [0.1, 0.15) is 5.54 Å². The summed E-state index contributed by atoms with van der Waals surface area (Å²) in [6.45, 7) is 3.86. The van der Waals surface area contributed by atoms with E-state index in [1.807, 2.05) is 68.4 Å². The predicted octanol–water partition coefficient (Wildman–Crippen LogP) is 2.45. The lowest BCUT2D eigenvalue weighted by Crippen LogP contribution is -2.54. The predicted molar refractivity (Wildman–Crippen MR) is 112 cm³/mol. The van der Waals surface area contributed by atoms with Crippen LogP contribution >= 0.6 is 0 Å². The molecule has 3 heterocycles. The van der Waals surface area contributed by atoms with E-state index in [1.54, 1.807) is 0 Å². The van der Waals surface area contributed by atoms with Gasteiger partial charge in [0.2, 0.25) is 17.7 Å². The SMILES string of the molecule is CC[C@@H](C)N1C(=O)[C@@H]2[C@H](Cc3ccccc3)N[C@@]3(C(=O)Nc4ccccc43)[C@@H]2C1=O. The van der Waals surface area contributed by atoms with Gasteiger partial charge in [0.05, 0.1) is 11.8 Å². The molecule has 0 aromatic heterocycles. The molecule has 2 aromatic carbocycles. The van der Waals surface area contributed by atoms with Crippen molar-refractivity contribution in [2.24, 2.45) is 11.8 Å². The molecule has 2 aromatic rings. The normalized spacial score (nSPS) is 30.5. The molecule has 5 rings (SSSR count). The lowest BCUT2D eigenvalue weighted by Gasteiger charge is -2.31. The van der Waals surface area contributed by atoms with Crippen molar-refractivity contribution in [3.63, 3.8) is 0 Å². The zero-order valence-electron chi connectivity index (χ0n) is 17.1. The number of carbonyl (C=O) groups excluding carboxylic acids is 3. The number of rotatable bonds is 4. The number of hydrogen-bond donors (Lipinski definition) is 2. The number of carbonyl (C=O) groups is 3. The van der Waals surface area contributed by atoms with E-state index in [1.165, 1.54) is 4.90 Å². The Balaban J connectivity index is 1.64. The molecule has 5 atom stereocenters. The second-order valence-electron chi connectivity index (χ2n) is 8.56. The fraction of sp³-hybridized carbons (Fsp3) is 0.375. The standard InChI is InChI=1S/C24H25N3O3/c1-3-14(2)27-21(28)19-18(13-15-9-5-4-6-10-15)26-24(20(19)22(27)29)16-11-7-8-12-17(16)25-23(24)30/h4-12,14,18-20,26H,3,13H2,1-2H3,(H,25,30)/t14-,18+,19-,20+,24-/m1/s1. The van der Waals surface area contributed by atoms with Crippen LogP contribution in [0.4, 0.5) is 5.69 Å². The monoisotopic (exact) mass is 403 g/mol. The van der Waals surface area contributed by atoms with Gasteiger partial charge in [-0.1, -0.05) is 55.5 Å². The Kier molecular flexibility index (Phi) is 4.29. The molecular formula is C24H25N3O3. The molecule has 6 heteroatoms. The Hall–Kier alpha value is -2.99. The van der Waals surface area contributed by atoms with Crippen LogP contribution in [0.15, 0.2) is 54.6 Å². The second kappa shape index (κ2) is 6.77. The topological polar surface area (TPSA) is 78.5 Å². The molecule has 2 fully saturated rings. The fourth-order valence-electron chi connectivity index (χ4n) is 5.44. The van der Waals surface area contributed by atoms with Crippen LogP contribution in [0.25, 0.3) is 0 Å². The average Bonchev–Trinajstić information content (AvgIpc) is 3.33. The summed E-state index contributed by atoms with van der Waals surface area (Å²) in [5.41, 5.74) is 1.32. The molecule has 3 aliphatic heterocycles. The minimum Gasteiger partial charge on any atom is -0.324 e. The molecule has 0 radical (unpaired) electrons. The maximum atomic E-state index is 13.6. The van der Waals surface area contributed by atoms with Crippen molar-refractivity contribution in [1.82, 2.24) is 10.2 Å². The first-order valence-corrected chi connectivity index (χ1v) is 10.6. The van der Waals surface area contributed by atoms with Crippen LogP contribution in [0.5, 0.6) is 0 Å². The minimum absolute atomic E-state index is 0.165. The fourth-order valence-corrected chi connectivity index (χ4v) is 5.44. The van der Waals surface area contributed by atoms with E-state index in [0.717, 1.165) is 11.1 Å². The Morgan fingerprint density at radius 2 is 1.70 bits per heavy atom. The molecule has 1 spiro atoms. The highest BCUT2D eigenvalue weighted by Crippen LogP contribution is 2.53. The maximum absolute atomic E-state index is 13.6. The highest BCUT2D eigenvalue weighted by molar-refractivity contribution is 6.15. The van der Waals surface area contributed by atoms with Crippen LogP contribution in [0.3, 0.4) is 0 Å². The van der Waals surface area contributed by atoms with Crippen LogP contribution in [0.2, 0.25) is 0 Å². The van der Waals surface area contributed by atoms with Crippen LogP contribution < -0.4 is 10.6 Å². The van der Waals surface area contributed by atoms with Crippen LogP contribution in [-0.2, 0) is 26.3 Å². The van der Waals surface area contributed by atoms with E-state index in [9.17, 15) is 14.4 Å². The van der Waals surface area contributed by atoms with Gasteiger partial charge < -0.3 is 5.32 Å². The van der Waals surface area contributed by atoms with Gasteiger partial charge in [-0.3, -0.25) is 24.6 Å². The van der Waals surface area contributed by atoms with Crippen LogP contribution in [-0.4, -0.2) is 34.7 Å². The molecule has 2 N–H and O–H groups in total. The lowest BCUT2D eigenvalue weighted by atomic mass is 9.76. The Morgan fingerprint density at radius 3 is 2.43 bits per heavy atom. The molecule has 3 aliphatic rings. The summed E-state index contributed by atoms with van der Waals surface area (Å²) in [7, 11) is 0. The van der Waals surface area contributed by atoms with E-state index < -0.39 is 17.4 Å². The highest BCUT2D eigenvalue weighted by Gasteiger charge is 2.70. The van der Waals surface area contributed by atoms with Gasteiger partial charge in [0.15, 0.2) is 0 Å². The second-order valence-corrected chi connectivity index (χ2v) is 8.56. The van der Waals surface area contributed by atoms with Gasteiger partial charge in [0.25, 0.3) is 0 Å². The Bertz CT molecular complexity index is 1040. The summed E-state index contributed by atoms with van der Waals surface area (Å²) in [4.78, 5) is 41.8. The van der Waals surface area contributed by atoms with E-state index >= 15 is 0 Å². The third-order valence-electron chi connectivity index (χ3n) is 6.99. The van der Waals surface area contributed by atoms with Crippen molar-refractivity contribution in [2.45, 2.75) is 44.3 Å². The largest absolute Gasteiger partial charge is 0.324 e. The molecule has 30 heavy (non-hydrogen) atoms. The van der Waals surface area contributed by atoms with Gasteiger partial charge in [-0.05, 0) is 31.4 Å². The molecule has 0 unspecified atom stereocenters. The quantitative estimate of drug-likeness (QED) is 0.769. The summed E-state index contributed by atoms with van der Waals surface area (Å²) in [5, 5.41) is 6.42. The summed E-state index contributed by atoms with van der Waals surface area (Å²) in [5.74, 6) is -1.96. The Labute approximate surface area is 175 Å². The van der Waals surface area contributed by atoms with Crippen molar-refractivity contribution in [2.75, 3.05) is 5.32 Å². The highest BCUT2D eigenvalue weighted by atomic mass is 16.2. The number of fused-ring (bicyclic) bond motifs is 4. The van der Waals surface area contributed by atoms with Crippen molar-refractivity contribution < 1.29 is 14.4 Å². The van der Waals surface area contributed by atoms with E-state index in [4.69, 9.17) is 0 Å². The van der Waals surface area contributed by atoms with Gasteiger partial charge in [-0.15, -0.1) is 0 Å². The van der Waals surface area contributed by atoms with E-state index in [0.29, 0.717) is 18.5 Å². The van der Waals surface area contributed by atoms with Crippen LogP contribution in [0.1, 0.15) is 31.4 Å². The molecule has 2 saturated heterocycles. The average molecular weight is 403 g/mol. The first kappa shape index (κ1) is 19.0. The minimum atomic E-state index is -1.21. The number of nitrogens with zero attached hydrogens (tertiary/aromatic N) is 1. The van der Waals surface area contributed by atoms with Crippen molar-refractivity contribution in [3.8, 4) is 0 Å². The van der Waals surface area contributed by atoms with Gasteiger partial charge >= 0.3 is 0 Å².